The van der Waals surface area contributed by atoms with Crippen molar-refractivity contribution in [2.75, 3.05) is 11.4 Å². The van der Waals surface area contributed by atoms with E-state index in [0.717, 1.165) is 30.8 Å². The number of hydrogen-bond acceptors (Lipinski definition) is 3. The average Bonchev–Trinajstić information content (AvgIpc) is 3.25. The maximum absolute atomic E-state index is 13.1. The number of nitrogens with one attached hydrogen (secondary N) is 1. The Morgan fingerprint density at radius 2 is 1.61 bits per heavy atom. The van der Waals surface area contributed by atoms with Crippen LogP contribution in [0, 0.1) is 0 Å². The summed E-state index contributed by atoms with van der Waals surface area (Å²) in [6.07, 6.45) is 0.917. The van der Waals surface area contributed by atoms with Crippen LogP contribution in [0.25, 0.3) is 10.8 Å². The second-order valence-corrected chi connectivity index (χ2v) is 8.35. The summed E-state index contributed by atoms with van der Waals surface area (Å²) in [6, 6.07) is 27.3. The summed E-state index contributed by atoms with van der Waals surface area (Å²) in [5.74, 6) is -1.09. The second kappa shape index (κ2) is 8.79. The first-order chi connectivity index (χ1) is 16.1. The van der Waals surface area contributed by atoms with Gasteiger partial charge in [-0.2, -0.15) is 0 Å². The summed E-state index contributed by atoms with van der Waals surface area (Å²) < 4.78 is 0. The molecule has 0 bridgehead atoms. The van der Waals surface area contributed by atoms with Gasteiger partial charge in [-0.15, -0.1) is 0 Å². The first kappa shape index (κ1) is 20.8. The number of benzene rings is 4. The number of carbonyl (C=O) groups excluding carboxylic acids is 1. The van der Waals surface area contributed by atoms with Gasteiger partial charge in [0.25, 0.3) is 5.91 Å². The third-order valence-electron chi connectivity index (χ3n) is 6.17. The fraction of sp³-hybridized carbons (Fsp3) is 0.143. The molecular weight excluding hydrogens is 412 g/mol. The van der Waals surface area contributed by atoms with Crippen molar-refractivity contribution in [3.8, 4) is 0 Å². The van der Waals surface area contributed by atoms with Crippen LogP contribution in [0.2, 0.25) is 0 Å². The van der Waals surface area contributed by atoms with Crippen molar-refractivity contribution in [1.82, 2.24) is 5.32 Å². The van der Waals surface area contributed by atoms with E-state index in [0.29, 0.717) is 12.1 Å². The van der Waals surface area contributed by atoms with Crippen LogP contribution in [-0.4, -0.2) is 23.5 Å². The number of anilines is 1. The van der Waals surface area contributed by atoms with Crippen molar-refractivity contribution in [2.24, 2.45) is 0 Å². The van der Waals surface area contributed by atoms with Gasteiger partial charge < -0.3 is 15.3 Å². The summed E-state index contributed by atoms with van der Waals surface area (Å²) in [5, 5.41) is 14.5. The van der Waals surface area contributed by atoms with Crippen LogP contribution < -0.4 is 10.2 Å². The number of hydrogen-bond donors (Lipinski definition) is 2. The Morgan fingerprint density at radius 3 is 2.39 bits per heavy atom. The standard InChI is InChI=1S/C28H24N2O3/c31-27(29-17-19-8-12-23(13-9-19)28(32)33)25-7-3-6-22-14-15-30(26(22)25)18-20-10-11-21-4-1-2-5-24(21)16-20/h1-13,16H,14-15,17-18H2,(H,29,31)(H,32,33). The molecule has 0 aliphatic carbocycles. The molecule has 0 fully saturated rings. The largest absolute Gasteiger partial charge is 0.478 e. The van der Waals surface area contributed by atoms with Gasteiger partial charge >= 0.3 is 5.97 Å². The molecule has 5 nitrogen and oxygen atoms in total. The number of para-hydroxylation sites is 1. The predicted octanol–water partition coefficient (Wildman–Crippen LogP) is 5.03. The third kappa shape index (κ3) is 4.30. The molecule has 164 valence electrons. The van der Waals surface area contributed by atoms with Gasteiger partial charge in [-0.05, 0) is 58.1 Å². The monoisotopic (exact) mass is 436 g/mol. The molecule has 0 spiro atoms. The molecule has 0 aromatic heterocycles. The molecule has 4 aromatic rings. The van der Waals surface area contributed by atoms with E-state index in [1.54, 1.807) is 24.3 Å². The van der Waals surface area contributed by atoms with Crippen LogP contribution in [0.4, 0.5) is 5.69 Å². The Balaban J connectivity index is 1.34. The highest BCUT2D eigenvalue weighted by Gasteiger charge is 2.25. The molecule has 4 aromatic carbocycles. The number of carbonyl (C=O) groups is 2. The molecular formula is C28H24N2O3. The average molecular weight is 437 g/mol. The van der Waals surface area contributed by atoms with Crippen molar-refractivity contribution >= 4 is 28.3 Å². The maximum Gasteiger partial charge on any atom is 0.335 e. The maximum atomic E-state index is 13.1. The van der Waals surface area contributed by atoms with Crippen molar-refractivity contribution in [3.05, 3.63) is 113 Å². The highest BCUT2D eigenvalue weighted by Crippen LogP contribution is 2.33. The fourth-order valence-corrected chi connectivity index (χ4v) is 4.48. The smallest absolute Gasteiger partial charge is 0.335 e. The topological polar surface area (TPSA) is 69.6 Å². The number of carboxylic acids is 1. The summed E-state index contributed by atoms with van der Waals surface area (Å²) in [7, 11) is 0. The zero-order valence-corrected chi connectivity index (χ0v) is 18.1. The summed E-state index contributed by atoms with van der Waals surface area (Å²) in [4.78, 5) is 26.4. The van der Waals surface area contributed by atoms with Gasteiger partial charge in [0.15, 0.2) is 0 Å². The van der Waals surface area contributed by atoms with E-state index in [2.05, 4.69) is 52.7 Å². The SMILES string of the molecule is O=C(O)c1ccc(CNC(=O)c2cccc3c2N(Cc2ccc4ccccc4c2)CC3)cc1. The van der Waals surface area contributed by atoms with E-state index < -0.39 is 5.97 Å². The van der Waals surface area contributed by atoms with Crippen LogP contribution >= 0.6 is 0 Å². The zero-order valence-electron chi connectivity index (χ0n) is 18.1. The zero-order chi connectivity index (χ0) is 22.8. The molecule has 1 aliphatic heterocycles. The predicted molar refractivity (Wildman–Crippen MR) is 130 cm³/mol. The molecule has 1 amide bonds. The van der Waals surface area contributed by atoms with Crippen LogP contribution in [0.15, 0.2) is 84.9 Å². The lowest BCUT2D eigenvalue weighted by molar-refractivity contribution is 0.0696. The van der Waals surface area contributed by atoms with Crippen molar-refractivity contribution in [1.29, 1.82) is 0 Å². The number of rotatable bonds is 6. The van der Waals surface area contributed by atoms with Gasteiger partial charge in [-0.1, -0.05) is 60.7 Å². The number of carboxylic acid groups (broad SMARTS) is 1. The minimum Gasteiger partial charge on any atom is -0.478 e. The number of aromatic carboxylic acids is 1. The first-order valence-electron chi connectivity index (χ1n) is 11.0. The molecule has 0 atom stereocenters. The van der Waals surface area contributed by atoms with Gasteiger partial charge in [0.05, 0.1) is 16.8 Å². The van der Waals surface area contributed by atoms with Crippen LogP contribution in [0.3, 0.4) is 0 Å². The van der Waals surface area contributed by atoms with Gasteiger partial charge in [0.2, 0.25) is 0 Å². The molecule has 5 rings (SSSR count). The van der Waals surface area contributed by atoms with E-state index in [4.69, 9.17) is 5.11 Å². The van der Waals surface area contributed by atoms with Crippen molar-refractivity contribution < 1.29 is 14.7 Å². The minimum absolute atomic E-state index is 0.125. The lowest BCUT2D eigenvalue weighted by atomic mass is 10.0. The number of nitrogens with zero attached hydrogens (tertiary/aromatic N) is 1. The van der Waals surface area contributed by atoms with Gasteiger partial charge in [0.1, 0.15) is 0 Å². The van der Waals surface area contributed by atoms with Gasteiger partial charge in [0, 0.05) is 19.6 Å². The van der Waals surface area contributed by atoms with E-state index in [-0.39, 0.29) is 11.5 Å². The molecule has 0 saturated heterocycles. The Bertz CT molecular complexity index is 1350. The summed E-state index contributed by atoms with van der Waals surface area (Å²) in [6.45, 7) is 1.97. The van der Waals surface area contributed by atoms with E-state index in [1.807, 2.05) is 18.2 Å². The molecule has 0 radical (unpaired) electrons. The highest BCUT2D eigenvalue weighted by atomic mass is 16.4. The van der Waals surface area contributed by atoms with Gasteiger partial charge in [-0.25, -0.2) is 4.79 Å². The Hall–Kier alpha value is -4.12. The van der Waals surface area contributed by atoms with Crippen LogP contribution in [-0.2, 0) is 19.5 Å². The lowest BCUT2D eigenvalue weighted by Crippen LogP contribution is -2.27. The highest BCUT2D eigenvalue weighted by molar-refractivity contribution is 6.01. The molecule has 2 N–H and O–H groups in total. The normalized spacial score (nSPS) is 12.5. The minimum atomic E-state index is -0.961. The third-order valence-corrected chi connectivity index (χ3v) is 6.17. The molecule has 1 aliphatic rings. The molecule has 1 heterocycles. The Labute approximate surface area is 192 Å². The van der Waals surface area contributed by atoms with E-state index in [1.165, 1.54) is 21.9 Å². The number of fused-ring (bicyclic) bond motifs is 2. The molecule has 33 heavy (non-hydrogen) atoms. The van der Waals surface area contributed by atoms with E-state index >= 15 is 0 Å². The van der Waals surface area contributed by atoms with E-state index in [9.17, 15) is 9.59 Å². The molecule has 5 heteroatoms. The van der Waals surface area contributed by atoms with Crippen LogP contribution in [0.5, 0.6) is 0 Å². The fourth-order valence-electron chi connectivity index (χ4n) is 4.48. The van der Waals surface area contributed by atoms with Crippen molar-refractivity contribution in [3.63, 3.8) is 0 Å². The van der Waals surface area contributed by atoms with Crippen LogP contribution in [0.1, 0.15) is 37.4 Å². The van der Waals surface area contributed by atoms with Crippen molar-refractivity contribution in [2.45, 2.75) is 19.5 Å². The quantitative estimate of drug-likeness (QED) is 0.445. The summed E-state index contributed by atoms with van der Waals surface area (Å²) >= 11 is 0. The first-order valence-corrected chi connectivity index (χ1v) is 11.0. The van der Waals surface area contributed by atoms with Gasteiger partial charge in [-0.3, -0.25) is 4.79 Å². The second-order valence-electron chi connectivity index (χ2n) is 8.35. The number of amides is 1. The molecule has 0 saturated carbocycles. The Kier molecular flexibility index (Phi) is 5.53. The summed E-state index contributed by atoms with van der Waals surface area (Å²) in [5.41, 5.74) is 5.17. The molecule has 0 unspecified atom stereocenters. The lowest BCUT2D eigenvalue weighted by Gasteiger charge is -2.22. The Morgan fingerprint density at radius 1 is 0.848 bits per heavy atom.